The van der Waals surface area contributed by atoms with E-state index in [0.29, 0.717) is 0 Å². The van der Waals surface area contributed by atoms with Crippen LogP contribution in [0.15, 0.2) is 24.3 Å². The molecule has 3 heteroatoms. The van der Waals surface area contributed by atoms with Gasteiger partial charge in [0.15, 0.2) is 0 Å². The highest BCUT2D eigenvalue weighted by molar-refractivity contribution is 5.48. The number of hydrogen-bond acceptors (Lipinski definition) is 3. The van der Waals surface area contributed by atoms with Crippen molar-refractivity contribution in [2.75, 3.05) is 37.7 Å². The molecule has 3 nitrogen and oxygen atoms in total. The number of nitrogens with one attached hydrogen (secondary N) is 1. The summed E-state index contributed by atoms with van der Waals surface area (Å²) in [6.45, 7) is 5.14. The van der Waals surface area contributed by atoms with Crippen molar-refractivity contribution in [3.63, 3.8) is 0 Å². The number of anilines is 1. The van der Waals surface area contributed by atoms with Gasteiger partial charge in [0, 0.05) is 31.9 Å². The number of nitrogens with zero attached hydrogens (tertiary/aromatic N) is 1. The summed E-state index contributed by atoms with van der Waals surface area (Å²) in [6, 6.07) is 8.90. The minimum atomic E-state index is 0.233. The molecule has 2 heterocycles. The molecule has 1 aromatic carbocycles. The first-order valence-electron chi connectivity index (χ1n) is 6.61. The zero-order valence-electron chi connectivity index (χ0n) is 10.2. The second-order valence-electron chi connectivity index (χ2n) is 4.85. The molecule has 1 N–H and O–H groups in total. The molecule has 0 bridgehead atoms. The van der Waals surface area contributed by atoms with Gasteiger partial charge in [0.1, 0.15) is 0 Å². The molecule has 2 aliphatic heterocycles. The normalized spacial score (nSPS) is 25.2. The highest BCUT2D eigenvalue weighted by Gasteiger charge is 2.16. The van der Waals surface area contributed by atoms with E-state index in [9.17, 15) is 0 Å². The lowest BCUT2D eigenvalue weighted by Crippen LogP contribution is -2.33. The van der Waals surface area contributed by atoms with Crippen LogP contribution in [0.1, 0.15) is 24.5 Å². The lowest BCUT2D eigenvalue weighted by atomic mass is 10.1. The van der Waals surface area contributed by atoms with Crippen LogP contribution in [0.3, 0.4) is 0 Å². The van der Waals surface area contributed by atoms with Crippen molar-refractivity contribution in [2.45, 2.75) is 18.9 Å². The van der Waals surface area contributed by atoms with E-state index in [1.807, 2.05) is 0 Å². The average molecular weight is 232 g/mol. The van der Waals surface area contributed by atoms with E-state index in [0.717, 1.165) is 19.7 Å². The van der Waals surface area contributed by atoms with E-state index in [1.54, 1.807) is 0 Å². The maximum absolute atomic E-state index is 5.75. The largest absolute Gasteiger partial charge is 0.372 e. The van der Waals surface area contributed by atoms with Crippen LogP contribution in [0.4, 0.5) is 5.69 Å². The summed E-state index contributed by atoms with van der Waals surface area (Å²) in [6.07, 6.45) is 2.89. The second kappa shape index (κ2) is 5.07. The molecule has 0 unspecified atom stereocenters. The molecule has 0 aliphatic carbocycles. The monoisotopic (exact) mass is 232 g/mol. The van der Waals surface area contributed by atoms with Crippen LogP contribution < -0.4 is 10.2 Å². The Morgan fingerprint density at radius 1 is 1.12 bits per heavy atom. The Labute approximate surface area is 103 Å². The van der Waals surface area contributed by atoms with Crippen molar-refractivity contribution >= 4 is 5.69 Å². The molecule has 0 saturated carbocycles. The van der Waals surface area contributed by atoms with Crippen molar-refractivity contribution in [2.24, 2.45) is 0 Å². The number of ether oxygens (including phenoxy) is 1. The lowest BCUT2D eigenvalue weighted by Gasteiger charge is -2.25. The number of rotatable bonds is 2. The fourth-order valence-electron chi connectivity index (χ4n) is 2.65. The van der Waals surface area contributed by atoms with Gasteiger partial charge in [-0.1, -0.05) is 12.1 Å². The van der Waals surface area contributed by atoms with Gasteiger partial charge < -0.3 is 15.0 Å². The van der Waals surface area contributed by atoms with Crippen molar-refractivity contribution in [1.82, 2.24) is 5.32 Å². The van der Waals surface area contributed by atoms with Crippen molar-refractivity contribution in [3.8, 4) is 0 Å². The smallest absolute Gasteiger partial charge is 0.0949 e. The van der Waals surface area contributed by atoms with Gasteiger partial charge in [0.2, 0.25) is 0 Å². The summed E-state index contributed by atoms with van der Waals surface area (Å²) in [5.74, 6) is 0. The zero-order chi connectivity index (χ0) is 11.5. The summed E-state index contributed by atoms with van der Waals surface area (Å²) in [7, 11) is 0. The molecular weight excluding hydrogens is 212 g/mol. The Kier molecular flexibility index (Phi) is 3.29. The van der Waals surface area contributed by atoms with Gasteiger partial charge >= 0.3 is 0 Å². The van der Waals surface area contributed by atoms with Gasteiger partial charge in [0.25, 0.3) is 0 Å². The molecule has 2 fully saturated rings. The molecule has 2 saturated heterocycles. The molecule has 3 rings (SSSR count). The standard InChI is InChI=1S/C14H20N2O/c1-2-9-16(8-1)13-5-3-12(4-6-13)14-11-15-7-10-17-14/h3-6,14-15H,1-2,7-11H2/t14-/m1/s1. The van der Waals surface area contributed by atoms with Gasteiger partial charge in [-0.15, -0.1) is 0 Å². The minimum absolute atomic E-state index is 0.233. The summed E-state index contributed by atoms with van der Waals surface area (Å²) in [5.41, 5.74) is 2.65. The van der Waals surface area contributed by atoms with E-state index in [-0.39, 0.29) is 6.10 Å². The summed E-state index contributed by atoms with van der Waals surface area (Å²) < 4.78 is 5.75. The molecule has 0 spiro atoms. The van der Waals surface area contributed by atoms with Gasteiger partial charge in [0.05, 0.1) is 12.7 Å². The third-order valence-electron chi connectivity index (χ3n) is 3.66. The predicted molar refractivity (Wildman–Crippen MR) is 69.5 cm³/mol. The van der Waals surface area contributed by atoms with Crippen molar-refractivity contribution in [3.05, 3.63) is 29.8 Å². The first kappa shape index (κ1) is 11.1. The van der Waals surface area contributed by atoms with Crippen LogP contribution in [0, 0.1) is 0 Å². The maximum atomic E-state index is 5.75. The fourth-order valence-corrected chi connectivity index (χ4v) is 2.65. The van der Waals surface area contributed by atoms with E-state index in [2.05, 4.69) is 34.5 Å². The SMILES string of the molecule is c1cc(N2CCCC2)ccc1[C@H]1CNCCO1. The van der Waals surface area contributed by atoms with Crippen LogP contribution in [0.5, 0.6) is 0 Å². The first-order chi connectivity index (χ1) is 8.43. The van der Waals surface area contributed by atoms with Crippen LogP contribution >= 0.6 is 0 Å². The quantitative estimate of drug-likeness (QED) is 0.843. The van der Waals surface area contributed by atoms with Crippen LogP contribution in [-0.4, -0.2) is 32.8 Å². The van der Waals surface area contributed by atoms with Crippen LogP contribution in [0.25, 0.3) is 0 Å². The van der Waals surface area contributed by atoms with E-state index >= 15 is 0 Å². The Bertz CT molecular complexity index is 351. The van der Waals surface area contributed by atoms with E-state index < -0.39 is 0 Å². The molecule has 0 amide bonds. The number of hydrogen-bond donors (Lipinski definition) is 1. The van der Waals surface area contributed by atoms with Crippen LogP contribution in [-0.2, 0) is 4.74 Å². The van der Waals surface area contributed by atoms with Gasteiger partial charge in [-0.25, -0.2) is 0 Å². The highest BCUT2D eigenvalue weighted by Crippen LogP contribution is 2.24. The molecule has 2 aliphatic rings. The summed E-state index contributed by atoms with van der Waals surface area (Å²) >= 11 is 0. The molecule has 0 radical (unpaired) electrons. The number of morpholine rings is 1. The van der Waals surface area contributed by atoms with Gasteiger partial charge in [-0.05, 0) is 30.5 Å². The predicted octanol–water partition coefficient (Wildman–Crippen LogP) is 1.95. The molecule has 1 aromatic rings. The van der Waals surface area contributed by atoms with Crippen molar-refractivity contribution in [1.29, 1.82) is 0 Å². The lowest BCUT2D eigenvalue weighted by molar-refractivity contribution is 0.0277. The Balaban J connectivity index is 1.70. The maximum Gasteiger partial charge on any atom is 0.0949 e. The molecular formula is C14H20N2O. The topological polar surface area (TPSA) is 24.5 Å². The van der Waals surface area contributed by atoms with Crippen LogP contribution in [0.2, 0.25) is 0 Å². The van der Waals surface area contributed by atoms with Gasteiger partial charge in [-0.3, -0.25) is 0 Å². The Morgan fingerprint density at radius 3 is 2.53 bits per heavy atom. The second-order valence-corrected chi connectivity index (χ2v) is 4.85. The summed E-state index contributed by atoms with van der Waals surface area (Å²) in [4.78, 5) is 2.46. The highest BCUT2D eigenvalue weighted by atomic mass is 16.5. The summed E-state index contributed by atoms with van der Waals surface area (Å²) in [5, 5.41) is 3.37. The average Bonchev–Trinajstić information content (AvgIpc) is 2.94. The minimum Gasteiger partial charge on any atom is -0.372 e. The Hall–Kier alpha value is -1.06. The van der Waals surface area contributed by atoms with Gasteiger partial charge in [-0.2, -0.15) is 0 Å². The third kappa shape index (κ3) is 2.45. The third-order valence-corrected chi connectivity index (χ3v) is 3.66. The molecule has 1 atom stereocenters. The van der Waals surface area contributed by atoms with E-state index in [4.69, 9.17) is 4.74 Å². The fraction of sp³-hybridized carbons (Fsp3) is 0.571. The zero-order valence-corrected chi connectivity index (χ0v) is 10.2. The number of benzene rings is 1. The first-order valence-corrected chi connectivity index (χ1v) is 6.61. The van der Waals surface area contributed by atoms with Crippen molar-refractivity contribution < 1.29 is 4.74 Å². The van der Waals surface area contributed by atoms with E-state index in [1.165, 1.54) is 37.2 Å². The molecule has 17 heavy (non-hydrogen) atoms. The Morgan fingerprint density at radius 2 is 1.88 bits per heavy atom. The molecule has 92 valence electrons. The molecule has 0 aromatic heterocycles.